The number of aryl methyl sites for hydroxylation is 1. The fraction of sp³-hybridized carbons (Fsp3) is 0.300. The zero-order valence-electron chi connectivity index (χ0n) is 17.0. The molecular formula is C20H22N2O5S3. The highest BCUT2D eigenvalue weighted by molar-refractivity contribution is 7.98. The van der Waals surface area contributed by atoms with Gasteiger partial charge in [0, 0.05) is 30.7 Å². The number of sulfone groups is 1. The zero-order valence-corrected chi connectivity index (χ0v) is 19.5. The van der Waals surface area contributed by atoms with E-state index in [-0.39, 0.29) is 10.5 Å². The number of ether oxygens (including phenoxy) is 2. The molecule has 3 aromatic rings. The summed E-state index contributed by atoms with van der Waals surface area (Å²) < 4.78 is 37.8. The quantitative estimate of drug-likeness (QED) is 0.531. The maximum absolute atomic E-state index is 12.9. The summed E-state index contributed by atoms with van der Waals surface area (Å²) in [5, 5.41) is 0. The van der Waals surface area contributed by atoms with E-state index in [9.17, 15) is 13.2 Å². The summed E-state index contributed by atoms with van der Waals surface area (Å²) in [5.41, 5.74) is 0.929. The van der Waals surface area contributed by atoms with Crippen LogP contribution in [-0.2, 0) is 16.4 Å². The summed E-state index contributed by atoms with van der Waals surface area (Å²) in [5.74, 6) is 1.39. The number of thioether (sulfide) groups is 1. The number of carbonyl (C=O) groups excluding carboxylic acids is 1. The minimum atomic E-state index is -3.56. The molecule has 30 heavy (non-hydrogen) atoms. The molecule has 0 saturated heterocycles. The Bertz CT molecular complexity index is 1260. The minimum absolute atomic E-state index is 0.0288. The number of carbonyl (C=O) groups is 1. The van der Waals surface area contributed by atoms with E-state index in [2.05, 4.69) is 4.99 Å². The van der Waals surface area contributed by atoms with Crippen LogP contribution in [0.15, 0.2) is 46.3 Å². The van der Waals surface area contributed by atoms with Crippen LogP contribution in [0.4, 0.5) is 0 Å². The number of rotatable bonds is 7. The van der Waals surface area contributed by atoms with Gasteiger partial charge in [-0.05, 0) is 18.4 Å². The van der Waals surface area contributed by atoms with Gasteiger partial charge >= 0.3 is 0 Å². The Kier molecular flexibility index (Phi) is 6.89. The second-order valence-corrected chi connectivity index (χ2v) is 10.4. The van der Waals surface area contributed by atoms with Crippen LogP contribution in [0.1, 0.15) is 10.4 Å². The van der Waals surface area contributed by atoms with E-state index < -0.39 is 15.7 Å². The van der Waals surface area contributed by atoms with Crippen molar-refractivity contribution in [2.24, 2.45) is 4.99 Å². The third-order valence-electron chi connectivity index (χ3n) is 4.42. The molecule has 0 aliphatic heterocycles. The summed E-state index contributed by atoms with van der Waals surface area (Å²) in [4.78, 5) is 17.7. The second-order valence-electron chi connectivity index (χ2n) is 6.39. The number of methoxy groups -OCH3 is 2. The number of amides is 1. The van der Waals surface area contributed by atoms with Gasteiger partial charge < -0.3 is 14.0 Å². The molecule has 0 atom stereocenters. The van der Waals surface area contributed by atoms with Crippen molar-refractivity contribution in [1.29, 1.82) is 0 Å². The number of thiazole rings is 1. The Balaban J connectivity index is 2.22. The summed E-state index contributed by atoms with van der Waals surface area (Å²) in [6.45, 7) is 0.635. The van der Waals surface area contributed by atoms with Crippen molar-refractivity contribution in [3.05, 3.63) is 46.8 Å². The molecule has 0 bridgehead atoms. The Hall–Kier alpha value is -2.30. The lowest BCUT2D eigenvalue weighted by Crippen LogP contribution is -2.19. The van der Waals surface area contributed by atoms with Crippen LogP contribution in [0, 0.1) is 0 Å². The molecule has 0 saturated carbocycles. The van der Waals surface area contributed by atoms with Crippen molar-refractivity contribution in [2.45, 2.75) is 11.4 Å². The van der Waals surface area contributed by atoms with E-state index in [1.165, 1.54) is 23.5 Å². The fourth-order valence-corrected chi connectivity index (χ4v) is 5.30. The van der Waals surface area contributed by atoms with Crippen molar-refractivity contribution in [3.63, 3.8) is 0 Å². The molecule has 0 aliphatic rings. The van der Waals surface area contributed by atoms with Crippen molar-refractivity contribution in [1.82, 2.24) is 4.57 Å². The average Bonchev–Trinajstić information content (AvgIpc) is 3.06. The largest absolute Gasteiger partial charge is 0.493 e. The van der Waals surface area contributed by atoms with Crippen molar-refractivity contribution >= 4 is 49.1 Å². The van der Waals surface area contributed by atoms with Gasteiger partial charge in [0.25, 0.3) is 5.91 Å². The van der Waals surface area contributed by atoms with E-state index in [0.29, 0.717) is 22.8 Å². The topological polar surface area (TPSA) is 87.0 Å². The first-order valence-electron chi connectivity index (χ1n) is 8.92. The number of aromatic nitrogens is 1. The minimum Gasteiger partial charge on any atom is -0.493 e. The first-order chi connectivity index (χ1) is 14.3. The smallest absolute Gasteiger partial charge is 0.280 e. The molecule has 0 spiro atoms. The van der Waals surface area contributed by atoms with Gasteiger partial charge in [-0.1, -0.05) is 23.5 Å². The predicted molar refractivity (Wildman–Crippen MR) is 121 cm³/mol. The van der Waals surface area contributed by atoms with Gasteiger partial charge in [-0.3, -0.25) is 4.79 Å². The molecule has 0 fully saturated rings. The van der Waals surface area contributed by atoms with Gasteiger partial charge in [-0.2, -0.15) is 16.8 Å². The Morgan fingerprint density at radius 3 is 2.47 bits per heavy atom. The Morgan fingerprint density at radius 1 is 1.17 bits per heavy atom. The Labute approximate surface area is 183 Å². The van der Waals surface area contributed by atoms with Crippen LogP contribution < -0.4 is 14.3 Å². The lowest BCUT2D eigenvalue weighted by atomic mass is 10.2. The zero-order chi connectivity index (χ0) is 21.9. The highest BCUT2D eigenvalue weighted by Crippen LogP contribution is 2.33. The average molecular weight is 467 g/mol. The molecule has 10 heteroatoms. The van der Waals surface area contributed by atoms with Gasteiger partial charge in [-0.25, -0.2) is 8.42 Å². The fourth-order valence-electron chi connectivity index (χ4n) is 2.99. The van der Waals surface area contributed by atoms with Crippen LogP contribution in [0.2, 0.25) is 0 Å². The maximum Gasteiger partial charge on any atom is 0.280 e. The SMILES string of the molecule is COc1cc2sc(=NC(=O)c3ccccc3S(C)(=O)=O)n(CCSC)c2cc1OC. The summed E-state index contributed by atoms with van der Waals surface area (Å²) in [7, 11) is -0.424. The molecule has 1 aromatic heterocycles. The third-order valence-corrected chi connectivity index (χ3v) is 7.21. The molecule has 0 unspecified atom stereocenters. The van der Waals surface area contributed by atoms with Gasteiger partial charge in [0.2, 0.25) is 0 Å². The van der Waals surface area contributed by atoms with Gasteiger partial charge in [0.05, 0.1) is 34.9 Å². The first-order valence-corrected chi connectivity index (χ1v) is 13.0. The monoisotopic (exact) mass is 466 g/mol. The van der Waals surface area contributed by atoms with Crippen molar-refractivity contribution < 1.29 is 22.7 Å². The maximum atomic E-state index is 12.9. The van der Waals surface area contributed by atoms with E-state index in [4.69, 9.17) is 9.47 Å². The molecule has 1 amide bonds. The van der Waals surface area contributed by atoms with Gasteiger partial charge in [-0.15, -0.1) is 0 Å². The lowest BCUT2D eigenvalue weighted by Gasteiger charge is -2.09. The molecule has 3 rings (SSSR count). The number of nitrogens with zero attached hydrogens (tertiary/aromatic N) is 2. The first kappa shape index (κ1) is 22.4. The van der Waals surface area contributed by atoms with E-state index >= 15 is 0 Å². The van der Waals surface area contributed by atoms with Gasteiger partial charge in [0.15, 0.2) is 26.1 Å². The lowest BCUT2D eigenvalue weighted by molar-refractivity contribution is 0.0994. The summed E-state index contributed by atoms with van der Waals surface area (Å²) in [6.07, 6.45) is 3.08. The second kappa shape index (κ2) is 9.23. The standard InChI is InChI=1S/C20H22N2O5S3/c1-26-15-11-14-17(12-16(15)27-2)29-20(22(14)9-10-28-3)21-19(23)13-7-5-6-8-18(13)30(4,24)25/h5-8,11-12H,9-10H2,1-4H3. The van der Waals surface area contributed by atoms with Crippen LogP contribution in [-0.4, -0.2) is 51.4 Å². The van der Waals surface area contributed by atoms with E-state index in [0.717, 1.165) is 22.2 Å². The highest BCUT2D eigenvalue weighted by atomic mass is 32.2. The summed E-state index contributed by atoms with van der Waals surface area (Å²) >= 11 is 3.02. The number of hydrogen-bond acceptors (Lipinski definition) is 7. The number of hydrogen-bond donors (Lipinski definition) is 0. The predicted octanol–water partition coefficient (Wildman–Crippen LogP) is 3.23. The third kappa shape index (κ3) is 4.55. The molecule has 0 radical (unpaired) electrons. The van der Waals surface area contributed by atoms with Crippen LogP contribution in [0.5, 0.6) is 11.5 Å². The Morgan fingerprint density at radius 2 is 1.83 bits per heavy atom. The molecular weight excluding hydrogens is 444 g/mol. The molecule has 0 N–H and O–H groups in total. The van der Waals surface area contributed by atoms with Gasteiger partial charge in [0.1, 0.15) is 0 Å². The van der Waals surface area contributed by atoms with Crippen molar-refractivity contribution in [3.8, 4) is 11.5 Å². The van der Waals surface area contributed by atoms with E-state index in [1.54, 1.807) is 38.1 Å². The molecule has 1 heterocycles. The van der Waals surface area contributed by atoms with Crippen molar-refractivity contribution in [2.75, 3.05) is 32.5 Å². The number of benzene rings is 2. The molecule has 0 aliphatic carbocycles. The van der Waals surface area contributed by atoms with Crippen LogP contribution >= 0.6 is 23.1 Å². The van der Waals surface area contributed by atoms with E-state index in [1.807, 2.05) is 23.0 Å². The summed E-state index contributed by atoms with van der Waals surface area (Å²) in [6, 6.07) is 9.82. The van der Waals surface area contributed by atoms with Crippen LogP contribution in [0.3, 0.4) is 0 Å². The molecule has 160 valence electrons. The number of fused-ring (bicyclic) bond motifs is 1. The molecule has 7 nitrogen and oxygen atoms in total. The highest BCUT2D eigenvalue weighted by Gasteiger charge is 2.19. The van der Waals surface area contributed by atoms with Crippen LogP contribution in [0.25, 0.3) is 10.2 Å². The normalized spacial score (nSPS) is 12.3. The molecule has 2 aromatic carbocycles.